The molecule has 0 radical (unpaired) electrons. The van der Waals surface area contributed by atoms with E-state index in [0.717, 1.165) is 12.8 Å². The average Bonchev–Trinajstić information content (AvgIpc) is 2.92. The summed E-state index contributed by atoms with van der Waals surface area (Å²) in [5, 5.41) is 2.31. The van der Waals surface area contributed by atoms with E-state index in [2.05, 4.69) is 5.32 Å². The topological polar surface area (TPSA) is 55.1 Å². The van der Waals surface area contributed by atoms with Crippen molar-refractivity contribution < 1.29 is 26.7 Å². The van der Waals surface area contributed by atoms with E-state index in [0.29, 0.717) is 12.8 Å². The fourth-order valence-electron chi connectivity index (χ4n) is 2.54. The van der Waals surface area contributed by atoms with Crippen LogP contribution in [0, 0.1) is 29.1 Å². The molecule has 1 aromatic rings. The van der Waals surface area contributed by atoms with Crippen LogP contribution in [0.2, 0.25) is 0 Å². The second-order valence-corrected chi connectivity index (χ2v) is 5.09. The number of carbonyl (C=O) groups is 1. The van der Waals surface area contributed by atoms with Crippen LogP contribution < -0.4 is 11.1 Å². The molecule has 0 saturated heterocycles. The van der Waals surface area contributed by atoms with Gasteiger partial charge in [0.1, 0.15) is 5.56 Å². The minimum absolute atomic E-state index is 0.0220. The minimum Gasteiger partial charge on any atom is -0.345 e. The molecule has 1 amide bonds. The molecule has 21 heavy (non-hydrogen) atoms. The summed E-state index contributed by atoms with van der Waals surface area (Å²) >= 11 is 0. The molecule has 1 saturated carbocycles. The van der Waals surface area contributed by atoms with Gasteiger partial charge in [-0.1, -0.05) is 12.8 Å². The number of nitrogens with one attached hydrogen (secondary N) is 1. The van der Waals surface area contributed by atoms with Gasteiger partial charge in [-0.3, -0.25) is 4.79 Å². The lowest BCUT2D eigenvalue weighted by atomic mass is 9.97. The van der Waals surface area contributed by atoms with Crippen LogP contribution in [0.3, 0.4) is 0 Å². The molecule has 116 valence electrons. The SMILES string of the molecule is NCC1(NC(=O)c2c(F)c(F)c(F)c(F)c2F)CCCC1. The van der Waals surface area contributed by atoms with Crippen LogP contribution in [-0.2, 0) is 0 Å². The molecule has 2 rings (SSSR count). The molecule has 0 atom stereocenters. The molecular weight excluding hydrogens is 295 g/mol. The molecule has 1 aromatic carbocycles. The van der Waals surface area contributed by atoms with Gasteiger partial charge in [0.05, 0.1) is 5.54 Å². The van der Waals surface area contributed by atoms with Gasteiger partial charge in [-0.15, -0.1) is 0 Å². The highest BCUT2D eigenvalue weighted by atomic mass is 19.2. The van der Waals surface area contributed by atoms with Crippen LogP contribution >= 0.6 is 0 Å². The minimum atomic E-state index is -2.30. The van der Waals surface area contributed by atoms with E-state index in [4.69, 9.17) is 5.73 Å². The van der Waals surface area contributed by atoms with Crippen molar-refractivity contribution in [3.05, 3.63) is 34.6 Å². The zero-order chi connectivity index (χ0) is 15.8. The van der Waals surface area contributed by atoms with Crippen molar-refractivity contribution in [2.24, 2.45) is 5.73 Å². The maximum absolute atomic E-state index is 13.5. The van der Waals surface area contributed by atoms with E-state index < -0.39 is 46.1 Å². The quantitative estimate of drug-likeness (QED) is 0.512. The number of hydrogen-bond donors (Lipinski definition) is 2. The van der Waals surface area contributed by atoms with Crippen molar-refractivity contribution >= 4 is 5.91 Å². The molecular formula is C13H13F5N2O. The zero-order valence-corrected chi connectivity index (χ0v) is 10.9. The maximum atomic E-state index is 13.5. The number of benzene rings is 1. The molecule has 0 unspecified atom stereocenters. The van der Waals surface area contributed by atoms with E-state index in [-0.39, 0.29) is 6.54 Å². The van der Waals surface area contributed by atoms with E-state index in [1.165, 1.54) is 0 Å². The monoisotopic (exact) mass is 308 g/mol. The highest BCUT2D eigenvalue weighted by Gasteiger charge is 2.37. The third-order valence-corrected chi connectivity index (χ3v) is 3.77. The lowest BCUT2D eigenvalue weighted by Crippen LogP contribution is -2.52. The summed E-state index contributed by atoms with van der Waals surface area (Å²) in [6, 6.07) is 0. The van der Waals surface area contributed by atoms with Gasteiger partial charge in [-0.05, 0) is 12.8 Å². The highest BCUT2D eigenvalue weighted by molar-refractivity contribution is 5.95. The van der Waals surface area contributed by atoms with Gasteiger partial charge in [0.25, 0.3) is 5.91 Å². The Morgan fingerprint density at radius 2 is 1.38 bits per heavy atom. The first-order valence-electron chi connectivity index (χ1n) is 6.37. The van der Waals surface area contributed by atoms with Crippen LogP contribution in [0.5, 0.6) is 0 Å². The van der Waals surface area contributed by atoms with E-state index >= 15 is 0 Å². The second kappa shape index (κ2) is 5.59. The summed E-state index contributed by atoms with van der Waals surface area (Å²) in [5.41, 5.74) is 3.20. The van der Waals surface area contributed by atoms with Crippen LogP contribution in [0.1, 0.15) is 36.0 Å². The van der Waals surface area contributed by atoms with Gasteiger partial charge < -0.3 is 11.1 Å². The van der Waals surface area contributed by atoms with Crippen molar-refractivity contribution in [1.82, 2.24) is 5.32 Å². The molecule has 0 aromatic heterocycles. The Morgan fingerprint density at radius 3 is 1.81 bits per heavy atom. The van der Waals surface area contributed by atoms with E-state index in [9.17, 15) is 26.7 Å². The molecule has 0 spiro atoms. The predicted molar refractivity (Wildman–Crippen MR) is 64.0 cm³/mol. The molecule has 8 heteroatoms. The first-order valence-corrected chi connectivity index (χ1v) is 6.37. The number of halogens is 5. The number of carbonyl (C=O) groups excluding carboxylic acids is 1. The van der Waals surface area contributed by atoms with Crippen molar-refractivity contribution in [2.75, 3.05) is 6.54 Å². The smallest absolute Gasteiger partial charge is 0.257 e. The number of rotatable bonds is 3. The Hall–Kier alpha value is -1.70. The van der Waals surface area contributed by atoms with Crippen LogP contribution in [0.15, 0.2) is 0 Å². The fraction of sp³-hybridized carbons (Fsp3) is 0.462. The Morgan fingerprint density at radius 1 is 0.952 bits per heavy atom. The normalized spacial score (nSPS) is 17.0. The van der Waals surface area contributed by atoms with E-state index in [1.807, 2.05) is 0 Å². The van der Waals surface area contributed by atoms with Crippen molar-refractivity contribution in [1.29, 1.82) is 0 Å². The lowest BCUT2D eigenvalue weighted by Gasteiger charge is -2.28. The molecule has 3 nitrogen and oxygen atoms in total. The van der Waals surface area contributed by atoms with Gasteiger partial charge in [-0.2, -0.15) is 0 Å². The Labute approximate surface area is 117 Å². The first-order chi connectivity index (χ1) is 9.83. The summed E-state index contributed by atoms with van der Waals surface area (Å²) in [6.45, 7) is 0.0220. The number of hydrogen-bond acceptors (Lipinski definition) is 2. The first kappa shape index (κ1) is 15.7. The highest BCUT2D eigenvalue weighted by Crippen LogP contribution is 2.30. The Bertz CT molecular complexity index is 555. The Kier molecular flexibility index (Phi) is 4.18. The second-order valence-electron chi connectivity index (χ2n) is 5.09. The molecule has 1 fully saturated rings. The maximum Gasteiger partial charge on any atom is 0.257 e. The average molecular weight is 308 g/mol. The van der Waals surface area contributed by atoms with E-state index in [1.54, 1.807) is 0 Å². The van der Waals surface area contributed by atoms with Gasteiger partial charge in [0.2, 0.25) is 5.82 Å². The van der Waals surface area contributed by atoms with Crippen molar-refractivity contribution in [2.45, 2.75) is 31.2 Å². The molecule has 3 N–H and O–H groups in total. The van der Waals surface area contributed by atoms with Crippen molar-refractivity contribution in [3.63, 3.8) is 0 Å². The molecule has 1 aliphatic carbocycles. The summed E-state index contributed by atoms with van der Waals surface area (Å²) < 4.78 is 66.2. The standard InChI is InChI=1S/C13H13F5N2O/c14-7-6(8(15)10(17)11(18)9(7)16)12(21)20-13(5-19)3-1-2-4-13/h1-5,19H2,(H,20,21). The third kappa shape index (κ3) is 2.59. The number of amides is 1. The predicted octanol–water partition coefficient (Wildman–Crippen LogP) is 2.38. The summed E-state index contributed by atoms with van der Waals surface area (Å²) in [6.07, 6.45) is 2.50. The van der Waals surface area contributed by atoms with Gasteiger partial charge in [0.15, 0.2) is 23.3 Å². The number of nitrogens with two attached hydrogens (primary N) is 1. The van der Waals surface area contributed by atoms with Gasteiger partial charge in [-0.25, -0.2) is 22.0 Å². The molecule has 0 bridgehead atoms. The molecule has 1 aliphatic rings. The van der Waals surface area contributed by atoms with Crippen LogP contribution in [0.25, 0.3) is 0 Å². The fourth-order valence-corrected chi connectivity index (χ4v) is 2.54. The molecule has 0 heterocycles. The lowest BCUT2D eigenvalue weighted by molar-refractivity contribution is 0.0891. The van der Waals surface area contributed by atoms with Gasteiger partial charge >= 0.3 is 0 Å². The van der Waals surface area contributed by atoms with Crippen LogP contribution in [0.4, 0.5) is 22.0 Å². The molecule has 0 aliphatic heterocycles. The third-order valence-electron chi connectivity index (χ3n) is 3.77. The summed E-state index contributed by atoms with van der Waals surface area (Å²) in [5.74, 6) is -12.2. The zero-order valence-electron chi connectivity index (χ0n) is 10.9. The largest absolute Gasteiger partial charge is 0.345 e. The van der Waals surface area contributed by atoms with Crippen molar-refractivity contribution in [3.8, 4) is 0 Å². The van der Waals surface area contributed by atoms with Gasteiger partial charge in [0, 0.05) is 6.54 Å². The van der Waals surface area contributed by atoms with Crippen LogP contribution in [-0.4, -0.2) is 18.0 Å². The summed E-state index contributed by atoms with van der Waals surface area (Å²) in [4.78, 5) is 11.9. The Balaban J connectivity index is 2.40. The summed E-state index contributed by atoms with van der Waals surface area (Å²) in [7, 11) is 0.